The summed E-state index contributed by atoms with van der Waals surface area (Å²) in [6, 6.07) is 7.52. The molecule has 1 aliphatic heterocycles. The highest BCUT2D eigenvalue weighted by Crippen LogP contribution is 2.39. The largest absolute Gasteiger partial charge is 0.480 e. The number of aliphatic carboxylic acids is 1. The molecule has 2 atom stereocenters. The highest BCUT2D eigenvalue weighted by atomic mass is 32.2. The van der Waals surface area contributed by atoms with Crippen molar-refractivity contribution < 1.29 is 44.7 Å². The summed E-state index contributed by atoms with van der Waals surface area (Å²) in [4.78, 5) is 12.3. The van der Waals surface area contributed by atoms with Crippen LogP contribution >= 0.6 is 0 Å². The number of benzene rings is 2. The molecule has 1 saturated heterocycles. The number of hydrogen-bond donors (Lipinski definition) is 1. The number of anilines is 1. The molecule has 198 valence electrons. The number of carbonyl (C=O) groups is 1. The number of hydrogen-bond acceptors (Lipinski definition) is 5. The van der Waals surface area contributed by atoms with Gasteiger partial charge in [0.25, 0.3) is 0 Å². The van der Waals surface area contributed by atoms with Gasteiger partial charge >= 0.3 is 18.3 Å². The predicted octanol–water partition coefficient (Wildman–Crippen LogP) is 4.72. The molecule has 2 aromatic carbocycles. The van der Waals surface area contributed by atoms with Crippen molar-refractivity contribution >= 4 is 21.6 Å². The molecule has 37 heavy (non-hydrogen) atoms. The number of sulfone groups is 1. The van der Waals surface area contributed by atoms with Gasteiger partial charge in [-0.2, -0.15) is 31.4 Å². The third kappa shape index (κ3) is 5.02. The predicted molar refractivity (Wildman–Crippen MR) is 119 cm³/mol. The van der Waals surface area contributed by atoms with E-state index >= 15 is 0 Å². The number of aryl methyl sites for hydroxylation is 1. The molecule has 1 fully saturated rings. The van der Waals surface area contributed by atoms with Gasteiger partial charge in [-0.05, 0) is 49.7 Å². The van der Waals surface area contributed by atoms with Crippen LogP contribution in [0.25, 0.3) is 5.69 Å². The van der Waals surface area contributed by atoms with Gasteiger partial charge in [0, 0.05) is 12.6 Å². The first kappa shape index (κ1) is 26.5. The van der Waals surface area contributed by atoms with Gasteiger partial charge in [-0.3, -0.25) is 0 Å². The van der Waals surface area contributed by atoms with E-state index in [2.05, 4.69) is 5.10 Å². The van der Waals surface area contributed by atoms with Crippen LogP contribution in [0.1, 0.15) is 23.2 Å². The fourth-order valence-electron chi connectivity index (χ4n) is 4.31. The Bertz CT molecular complexity index is 1430. The van der Waals surface area contributed by atoms with Crippen molar-refractivity contribution in [3.63, 3.8) is 0 Å². The molecular formula is C23H19F6N3O4S. The second-order valence-corrected chi connectivity index (χ2v) is 10.7. The van der Waals surface area contributed by atoms with E-state index in [4.69, 9.17) is 0 Å². The van der Waals surface area contributed by atoms with E-state index in [9.17, 15) is 44.7 Å². The minimum atomic E-state index is -4.95. The number of nitrogens with zero attached hydrogens (tertiary/aromatic N) is 3. The van der Waals surface area contributed by atoms with Crippen LogP contribution in [0.4, 0.5) is 32.2 Å². The van der Waals surface area contributed by atoms with Gasteiger partial charge in [0.2, 0.25) is 0 Å². The van der Waals surface area contributed by atoms with E-state index in [1.165, 1.54) is 15.6 Å². The summed E-state index contributed by atoms with van der Waals surface area (Å²) < 4.78 is 107. The second-order valence-electron chi connectivity index (χ2n) is 8.50. The highest BCUT2D eigenvalue weighted by molar-refractivity contribution is 7.92. The summed E-state index contributed by atoms with van der Waals surface area (Å²) >= 11 is 0. The number of carboxylic acid groups (broad SMARTS) is 1. The lowest BCUT2D eigenvalue weighted by Crippen LogP contribution is -2.37. The number of halogens is 6. The molecule has 0 amide bonds. The third-order valence-electron chi connectivity index (χ3n) is 6.03. The molecule has 2 heterocycles. The third-order valence-corrected chi connectivity index (χ3v) is 8.22. The molecule has 3 aromatic rings. The van der Waals surface area contributed by atoms with E-state index < -0.39 is 68.4 Å². The van der Waals surface area contributed by atoms with Crippen molar-refractivity contribution in [2.45, 2.75) is 41.9 Å². The molecular weight excluding hydrogens is 528 g/mol. The van der Waals surface area contributed by atoms with Gasteiger partial charge in [-0.1, -0.05) is 12.1 Å². The van der Waals surface area contributed by atoms with Gasteiger partial charge < -0.3 is 10.0 Å². The molecule has 0 bridgehead atoms. The first-order chi connectivity index (χ1) is 17.1. The summed E-state index contributed by atoms with van der Waals surface area (Å²) in [6.45, 7) is 1.07. The fraction of sp³-hybridized carbons (Fsp3) is 0.304. The minimum Gasteiger partial charge on any atom is -0.480 e. The van der Waals surface area contributed by atoms with Crippen molar-refractivity contribution in [2.75, 3.05) is 11.4 Å². The molecule has 14 heteroatoms. The first-order valence-electron chi connectivity index (χ1n) is 10.7. The highest BCUT2D eigenvalue weighted by Gasteiger charge is 2.47. The van der Waals surface area contributed by atoms with Crippen LogP contribution in [0.3, 0.4) is 0 Å². The van der Waals surface area contributed by atoms with Gasteiger partial charge in [-0.25, -0.2) is 17.9 Å². The van der Waals surface area contributed by atoms with Crippen molar-refractivity contribution in [2.24, 2.45) is 0 Å². The van der Waals surface area contributed by atoms with Crippen LogP contribution in [0.15, 0.2) is 59.5 Å². The average Bonchev–Trinajstić information content (AvgIpc) is 3.42. The monoisotopic (exact) mass is 547 g/mol. The average molecular weight is 547 g/mol. The summed E-state index contributed by atoms with van der Waals surface area (Å²) in [5.41, 5.74) is -1.77. The number of carboxylic acids is 1. The maximum Gasteiger partial charge on any atom is 0.417 e. The van der Waals surface area contributed by atoms with Crippen LogP contribution in [0, 0.1) is 6.92 Å². The molecule has 4 rings (SSSR count). The Hall–Kier alpha value is -3.55. The molecule has 0 unspecified atom stereocenters. The fourth-order valence-corrected chi connectivity index (χ4v) is 6.22. The van der Waals surface area contributed by atoms with Crippen molar-refractivity contribution in [3.8, 4) is 5.69 Å². The number of rotatable bonds is 5. The maximum absolute atomic E-state index is 13.5. The standard InChI is InChI=1S/C23H19F6N3O4S/c1-13-10-20(32(30-13)15-8-6-14(7-9-15)22(24,25)26)31-12-16(11-18(31)21(33)34)37(35,36)19-5-3-2-4-17(19)23(27,28)29/h2-10,16,18H,11-12H2,1H3,(H,33,34)/t16-,18+/m1/s1. The molecule has 1 aromatic heterocycles. The lowest BCUT2D eigenvalue weighted by molar-refractivity contribution is -0.140. The molecule has 0 saturated carbocycles. The molecule has 0 radical (unpaired) electrons. The summed E-state index contributed by atoms with van der Waals surface area (Å²) in [6.07, 6.45) is -10.0. The van der Waals surface area contributed by atoms with E-state index in [-0.39, 0.29) is 11.5 Å². The van der Waals surface area contributed by atoms with Crippen LogP contribution in [0.5, 0.6) is 0 Å². The Morgan fingerprint density at radius 1 is 1.00 bits per heavy atom. The quantitative estimate of drug-likeness (QED) is 0.465. The summed E-state index contributed by atoms with van der Waals surface area (Å²) in [5, 5.41) is 12.5. The van der Waals surface area contributed by atoms with Gasteiger partial charge in [0.1, 0.15) is 11.9 Å². The lowest BCUT2D eigenvalue weighted by Gasteiger charge is -2.24. The van der Waals surface area contributed by atoms with Crippen LogP contribution in [-0.4, -0.2) is 47.1 Å². The topological polar surface area (TPSA) is 92.5 Å². The Morgan fingerprint density at radius 2 is 1.62 bits per heavy atom. The number of aromatic nitrogens is 2. The van der Waals surface area contributed by atoms with Crippen LogP contribution in [-0.2, 0) is 27.0 Å². The lowest BCUT2D eigenvalue weighted by atomic mass is 10.2. The Balaban J connectivity index is 1.75. The van der Waals surface area contributed by atoms with Gasteiger partial charge in [0.05, 0.1) is 32.7 Å². The zero-order valence-corrected chi connectivity index (χ0v) is 19.8. The van der Waals surface area contributed by atoms with Gasteiger partial charge in [-0.15, -0.1) is 0 Å². The molecule has 1 N–H and O–H groups in total. The Labute approximate surface area is 206 Å². The maximum atomic E-state index is 13.5. The van der Waals surface area contributed by atoms with E-state index in [0.717, 1.165) is 42.5 Å². The molecule has 7 nitrogen and oxygen atoms in total. The molecule has 1 aliphatic rings. The van der Waals surface area contributed by atoms with E-state index in [0.29, 0.717) is 11.8 Å². The second kappa shape index (κ2) is 9.08. The Kier molecular flexibility index (Phi) is 6.51. The minimum absolute atomic E-state index is 0.0754. The van der Waals surface area contributed by atoms with Gasteiger partial charge in [0.15, 0.2) is 9.84 Å². The van der Waals surface area contributed by atoms with Crippen molar-refractivity contribution in [1.29, 1.82) is 0 Å². The van der Waals surface area contributed by atoms with E-state index in [1.54, 1.807) is 6.92 Å². The summed E-state index contributed by atoms with van der Waals surface area (Å²) in [7, 11) is -4.63. The first-order valence-corrected chi connectivity index (χ1v) is 12.3. The smallest absolute Gasteiger partial charge is 0.417 e. The zero-order chi connectivity index (χ0) is 27.3. The SMILES string of the molecule is Cc1cc(N2C[C@H](S(=O)(=O)c3ccccc3C(F)(F)F)C[C@H]2C(=O)O)n(-c2ccc(C(F)(F)F)cc2)n1. The molecule has 0 aliphatic carbocycles. The van der Waals surface area contributed by atoms with Crippen molar-refractivity contribution in [1.82, 2.24) is 9.78 Å². The van der Waals surface area contributed by atoms with E-state index in [1.807, 2.05) is 0 Å². The normalized spacial score (nSPS) is 18.8. The van der Waals surface area contributed by atoms with Crippen LogP contribution < -0.4 is 4.90 Å². The molecule has 0 spiro atoms. The van der Waals surface area contributed by atoms with Crippen LogP contribution in [0.2, 0.25) is 0 Å². The zero-order valence-electron chi connectivity index (χ0n) is 19.0. The number of alkyl halides is 6. The summed E-state index contributed by atoms with van der Waals surface area (Å²) in [5.74, 6) is -1.34. The Morgan fingerprint density at radius 3 is 2.19 bits per heavy atom. The van der Waals surface area contributed by atoms with Crippen molar-refractivity contribution in [3.05, 3.63) is 71.4 Å².